The van der Waals surface area contributed by atoms with Crippen LogP contribution in [0.5, 0.6) is 0 Å². The lowest BCUT2D eigenvalue weighted by atomic mass is 10.3. The molecule has 0 radical (unpaired) electrons. The van der Waals surface area contributed by atoms with E-state index in [0.29, 0.717) is 23.8 Å². The second-order valence-corrected chi connectivity index (χ2v) is 7.15. The highest BCUT2D eigenvalue weighted by molar-refractivity contribution is 8.01. The number of thioether (sulfide) groups is 1. The van der Waals surface area contributed by atoms with E-state index >= 15 is 0 Å². The van der Waals surface area contributed by atoms with Gasteiger partial charge in [0.15, 0.2) is 10.2 Å². The molecule has 0 saturated heterocycles. The van der Waals surface area contributed by atoms with Gasteiger partial charge in [0, 0.05) is 23.9 Å². The molecule has 7 nitrogen and oxygen atoms in total. The Bertz CT molecular complexity index is 803. The van der Waals surface area contributed by atoms with Crippen molar-refractivity contribution in [2.45, 2.75) is 17.7 Å². The maximum absolute atomic E-state index is 11.8. The number of carbonyl (C=O) groups is 1. The number of anilines is 3. The Labute approximate surface area is 146 Å². The molecule has 0 aliphatic heterocycles. The third kappa shape index (κ3) is 4.80. The number of hydrogen-bond acceptors (Lipinski definition) is 8. The van der Waals surface area contributed by atoms with Gasteiger partial charge < -0.3 is 15.2 Å². The molecule has 2 aromatic heterocycles. The van der Waals surface area contributed by atoms with E-state index in [-0.39, 0.29) is 5.91 Å². The summed E-state index contributed by atoms with van der Waals surface area (Å²) in [5.41, 5.74) is 0.965. The van der Waals surface area contributed by atoms with Crippen LogP contribution in [0.2, 0.25) is 0 Å². The van der Waals surface area contributed by atoms with Gasteiger partial charge in [-0.15, -0.1) is 10.2 Å². The molecule has 0 spiro atoms. The molecule has 1 aromatic carbocycles. The lowest BCUT2D eigenvalue weighted by Crippen LogP contribution is -2.12. The Morgan fingerprint density at radius 3 is 2.88 bits per heavy atom. The van der Waals surface area contributed by atoms with Crippen molar-refractivity contribution in [1.82, 2.24) is 15.4 Å². The molecular formula is C15H15N5O2S2. The van der Waals surface area contributed by atoms with Gasteiger partial charge >= 0.3 is 0 Å². The lowest BCUT2D eigenvalue weighted by Gasteiger charge is -2.00. The van der Waals surface area contributed by atoms with E-state index in [2.05, 4.69) is 26.0 Å². The van der Waals surface area contributed by atoms with E-state index in [1.165, 1.54) is 23.1 Å². The van der Waals surface area contributed by atoms with Crippen molar-refractivity contribution >= 4 is 45.6 Å². The van der Waals surface area contributed by atoms with Crippen LogP contribution in [-0.4, -0.2) is 27.0 Å². The molecule has 0 saturated carbocycles. The number of para-hydroxylation sites is 1. The standard InChI is InChI=1S/C15H15N5O2S2/c1-10-9-12(20-22-10)17-13(21)7-8-23-15-19-18-14(24-15)16-11-5-3-2-4-6-11/h2-6,9H,7-8H2,1H3,(H,16,18)(H,17,20,21). The fourth-order valence-electron chi connectivity index (χ4n) is 1.83. The van der Waals surface area contributed by atoms with Gasteiger partial charge in [-0.1, -0.05) is 46.5 Å². The molecule has 2 heterocycles. The number of rotatable bonds is 7. The Balaban J connectivity index is 1.43. The van der Waals surface area contributed by atoms with Crippen molar-refractivity contribution in [1.29, 1.82) is 0 Å². The van der Waals surface area contributed by atoms with E-state index in [4.69, 9.17) is 4.52 Å². The van der Waals surface area contributed by atoms with E-state index in [1.807, 2.05) is 30.3 Å². The highest BCUT2D eigenvalue weighted by Gasteiger charge is 2.09. The van der Waals surface area contributed by atoms with Crippen LogP contribution in [0.3, 0.4) is 0 Å². The van der Waals surface area contributed by atoms with Crippen LogP contribution >= 0.6 is 23.1 Å². The molecular weight excluding hydrogens is 346 g/mol. The molecule has 0 atom stereocenters. The lowest BCUT2D eigenvalue weighted by molar-refractivity contribution is -0.115. The first-order valence-corrected chi connectivity index (χ1v) is 9.01. The van der Waals surface area contributed by atoms with Gasteiger partial charge in [0.25, 0.3) is 0 Å². The summed E-state index contributed by atoms with van der Waals surface area (Å²) in [6.07, 6.45) is 0.359. The molecule has 3 aromatic rings. The number of carbonyl (C=O) groups excluding carboxylic acids is 1. The monoisotopic (exact) mass is 361 g/mol. The Morgan fingerprint density at radius 1 is 1.29 bits per heavy atom. The van der Waals surface area contributed by atoms with Crippen molar-refractivity contribution in [2.75, 3.05) is 16.4 Å². The van der Waals surface area contributed by atoms with Crippen LogP contribution in [-0.2, 0) is 4.79 Å². The number of nitrogens with one attached hydrogen (secondary N) is 2. The van der Waals surface area contributed by atoms with Crippen LogP contribution in [0.15, 0.2) is 45.3 Å². The number of amides is 1. The molecule has 2 N–H and O–H groups in total. The summed E-state index contributed by atoms with van der Waals surface area (Å²) in [5.74, 6) is 1.60. The Morgan fingerprint density at radius 2 is 2.12 bits per heavy atom. The predicted molar refractivity (Wildman–Crippen MR) is 94.8 cm³/mol. The van der Waals surface area contributed by atoms with Crippen molar-refractivity contribution in [3.8, 4) is 0 Å². The molecule has 0 unspecified atom stereocenters. The molecule has 0 aliphatic rings. The molecule has 0 fully saturated rings. The summed E-state index contributed by atoms with van der Waals surface area (Å²) in [4.78, 5) is 11.8. The van der Waals surface area contributed by atoms with E-state index in [0.717, 1.165) is 15.2 Å². The van der Waals surface area contributed by atoms with Gasteiger partial charge in [-0.3, -0.25) is 4.79 Å². The highest BCUT2D eigenvalue weighted by atomic mass is 32.2. The summed E-state index contributed by atoms with van der Waals surface area (Å²) in [5, 5.41) is 18.5. The summed E-state index contributed by atoms with van der Waals surface area (Å²) in [6, 6.07) is 11.5. The fourth-order valence-corrected chi connectivity index (χ4v) is 3.61. The van der Waals surface area contributed by atoms with E-state index < -0.39 is 0 Å². The van der Waals surface area contributed by atoms with Crippen LogP contribution in [0.1, 0.15) is 12.2 Å². The van der Waals surface area contributed by atoms with Crippen LogP contribution in [0.25, 0.3) is 0 Å². The van der Waals surface area contributed by atoms with Crippen LogP contribution < -0.4 is 10.6 Å². The average molecular weight is 361 g/mol. The second kappa shape index (κ2) is 7.93. The number of aromatic nitrogens is 3. The zero-order valence-corrected chi connectivity index (χ0v) is 14.5. The minimum absolute atomic E-state index is 0.108. The molecule has 1 amide bonds. The maximum atomic E-state index is 11.8. The van der Waals surface area contributed by atoms with Crippen molar-refractivity contribution in [3.63, 3.8) is 0 Å². The number of aryl methyl sites for hydroxylation is 1. The van der Waals surface area contributed by atoms with Crippen molar-refractivity contribution < 1.29 is 9.32 Å². The molecule has 124 valence electrons. The summed E-state index contributed by atoms with van der Waals surface area (Å²) >= 11 is 2.95. The first kappa shape index (κ1) is 16.5. The van der Waals surface area contributed by atoms with Gasteiger partial charge in [0.1, 0.15) is 5.76 Å². The zero-order valence-electron chi connectivity index (χ0n) is 12.9. The zero-order chi connectivity index (χ0) is 16.8. The second-order valence-electron chi connectivity index (χ2n) is 4.83. The fraction of sp³-hybridized carbons (Fsp3) is 0.200. The molecule has 0 aliphatic carbocycles. The van der Waals surface area contributed by atoms with Crippen molar-refractivity contribution in [3.05, 3.63) is 42.2 Å². The van der Waals surface area contributed by atoms with Gasteiger partial charge in [-0.2, -0.15) is 0 Å². The topological polar surface area (TPSA) is 92.9 Å². The molecule has 24 heavy (non-hydrogen) atoms. The first-order chi connectivity index (χ1) is 11.7. The van der Waals surface area contributed by atoms with Crippen LogP contribution in [0.4, 0.5) is 16.6 Å². The Hall–Kier alpha value is -2.39. The molecule has 0 bridgehead atoms. The summed E-state index contributed by atoms with van der Waals surface area (Å²) in [7, 11) is 0. The van der Waals surface area contributed by atoms with Gasteiger partial charge in [-0.25, -0.2) is 0 Å². The SMILES string of the molecule is Cc1cc(NC(=O)CCSc2nnc(Nc3ccccc3)s2)no1. The van der Waals surface area contributed by atoms with Gasteiger partial charge in [-0.05, 0) is 19.1 Å². The quantitative estimate of drug-likeness (QED) is 0.620. The van der Waals surface area contributed by atoms with E-state index in [1.54, 1.807) is 13.0 Å². The molecule has 9 heteroatoms. The predicted octanol–water partition coefficient (Wildman–Crippen LogP) is 3.70. The summed E-state index contributed by atoms with van der Waals surface area (Å²) in [6.45, 7) is 1.77. The minimum atomic E-state index is -0.108. The third-order valence-corrected chi connectivity index (χ3v) is 4.86. The largest absolute Gasteiger partial charge is 0.360 e. The number of nitrogens with zero attached hydrogens (tertiary/aromatic N) is 3. The normalized spacial score (nSPS) is 10.5. The van der Waals surface area contributed by atoms with Crippen LogP contribution in [0, 0.1) is 6.92 Å². The minimum Gasteiger partial charge on any atom is -0.360 e. The maximum Gasteiger partial charge on any atom is 0.226 e. The Kier molecular flexibility index (Phi) is 5.44. The van der Waals surface area contributed by atoms with Crippen molar-refractivity contribution in [2.24, 2.45) is 0 Å². The number of benzene rings is 1. The third-order valence-electron chi connectivity index (χ3n) is 2.88. The number of hydrogen-bond donors (Lipinski definition) is 2. The molecule has 3 rings (SSSR count). The van der Waals surface area contributed by atoms with Gasteiger partial charge in [0.05, 0.1) is 0 Å². The van der Waals surface area contributed by atoms with Gasteiger partial charge in [0.2, 0.25) is 11.0 Å². The highest BCUT2D eigenvalue weighted by Crippen LogP contribution is 2.27. The smallest absolute Gasteiger partial charge is 0.226 e. The van der Waals surface area contributed by atoms with E-state index in [9.17, 15) is 4.79 Å². The first-order valence-electron chi connectivity index (χ1n) is 7.20. The average Bonchev–Trinajstić information content (AvgIpc) is 3.17. The summed E-state index contributed by atoms with van der Waals surface area (Å²) < 4.78 is 5.72.